The van der Waals surface area contributed by atoms with Crippen molar-refractivity contribution in [2.45, 2.75) is 46.7 Å². The highest BCUT2D eigenvalue weighted by Gasteiger charge is 2.08. The van der Waals surface area contributed by atoms with Gasteiger partial charge in [0, 0.05) is 18.0 Å². The van der Waals surface area contributed by atoms with Crippen LogP contribution in [0.1, 0.15) is 34.6 Å². The summed E-state index contributed by atoms with van der Waals surface area (Å²) in [5.41, 5.74) is 0. The maximum absolute atomic E-state index is 11.2. The Morgan fingerprint density at radius 2 is 1.79 bits per heavy atom. The molecule has 3 heteroatoms. The van der Waals surface area contributed by atoms with Crippen molar-refractivity contribution in [2.75, 3.05) is 13.2 Å². The zero-order valence-electron chi connectivity index (χ0n) is 9.96. The molecule has 0 fully saturated rings. The molecule has 1 unspecified atom stereocenters. The number of Topliss-reactive ketones (excluding diaryl/α,β-unsaturated/α-hetero) is 1. The lowest BCUT2D eigenvalue weighted by Gasteiger charge is -2.16. The van der Waals surface area contributed by atoms with Gasteiger partial charge in [0.25, 0.3) is 0 Å². The van der Waals surface area contributed by atoms with E-state index in [-0.39, 0.29) is 18.3 Å². The molecule has 0 aliphatic heterocycles. The molecule has 0 spiro atoms. The molecule has 0 saturated heterocycles. The van der Waals surface area contributed by atoms with Crippen LogP contribution in [-0.2, 0) is 9.53 Å². The van der Waals surface area contributed by atoms with E-state index in [1.165, 1.54) is 0 Å². The predicted octanol–water partition coefficient (Wildman–Crippen LogP) is 1.61. The van der Waals surface area contributed by atoms with Crippen LogP contribution < -0.4 is 5.32 Å². The fourth-order valence-electron chi connectivity index (χ4n) is 1.12. The summed E-state index contributed by atoms with van der Waals surface area (Å²) in [6, 6.07) is 0.754. The van der Waals surface area contributed by atoms with Crippen molar-refractivity contribution in [1.82, 2.24) is 5.32 Å². The molecular formula is C11H23NO2. The van der Waals surface area contributed by atoms with Crippen molar-refractivity contribution >= 4 is 5.78 Å². The van der Waals surface area contributed by atoms with Crippen molar-refractivity contribution in [3.63, 3.8) is 0 Å². The first-order valence-electron chi connectivity index (χ1n) is 5.30. The zero-order chi connectivity index (χ0) is 11.1. The molecule has 0 rings (SSSR count). The second kappa shape index (κ2) is 6.96. The van der Waals surface area contributed by atoms with Gasteiger partial charge < -0.3 is 10.1 Å². The normalized spacial score (nSPS) is 13.6. The Hall–Kier alpha value is -0.410. The van der Waals surface area contributed by atoms with Crippen LogP contribution in [0.4, 0.5) is 0 Å². The molecule has 1 N–H and O–H groups in total. The second-order valence-electron chi connectivity index (χ2n) is 4.36. The minimum Gasteiger partial charge on any atom is -0.372 e. The fraction of sp³-hybridized carbons (Fsp3) is 0.909. The Kier molecular flexibility index (Phi) is 6.75. The van der Waals surface area contributed by atoms with Gasteiger partial charge in [0.1, 0.15) is 6.61 Å². The summed E-state index contributed by atoms with van der Waals surface area (Å²) in [6.07, 6.45) is 0. The zero-order valence-corrected chi connectivity index (χ0v) is 9.96. The number of ether oxygens (including phenoxy) is 1. The summed E-state index contributed by atoms with van der Waals surface area (Å²) < 4.78 is 5.31. The second-order valence-corrected chi connectivity index (χ2v) is 4.36. The summed E-state index contributed by atoms with van der Waals surface area (Å²) in [5, 5.41) is 3.31. The minimum absolute atomic E-state index is 0.0726. The average molecular weight is 201 g/mol. The molecule has 84 valence electrons. The molecule has 0 aromatic heterocycles. The Labute approximate surface area is 87.2 Å². The van der Waals surface area contributed by atoms with Crippen LogP contribution in [0.15, 0.2) is 0 Å². The highest BCUT2D eigenvalue weighted by atomic mass is 16.5. The number of hydrogen-bond donors (Lipinski definition) is 1. The molecular weight excluding hydrogens is 178 g/mol. The van der Waals surface area contributed by atoms with Gasteiger partial charge in [-0.25, -0.2) is 0 Å². The van der Waals surface area contributed by atoms with Gasteiger partial charge in [-0.3, -0.25) is 4.79 Å². The third-order valence-electron chi connectivity index (χ3n) is 1.87. The highest BCUT2D eigenvalue weighted by molar-refractivity contribution is 5.81. The third-order valence-corrected chi connectivity index (χ3v) is 1.87. The number of carbonyl (C=O) groups is 1. The molecule has 0 aromatic carbocycles. The summed E-state index contributed by atoms with van der Waals surface area (Å²) in [6.45, 7) is 10.9. The standard InChI is InChI=1S/C11H23NO2/c1-8(2)11(13)7-14-6-10(5)12-9(3)4/h8-10,12H,6-7H2,1-5H3. The van der Waals surface area contributed by atoms with Gasteiger partial charge in [-0.15, -0.1) is 0 Å². The van der Waals surface area contributed by atoms with Crippen LogP contribution in [0.2, 0.25) is 0 Å². The minimum atomic E-state index is 0.0726. The Morgan fingerprint density at radius 1 is 1.21 bits per heavy atom. The molecule has 0 bridgehead atoms. The molecule has 0 aliphatic rings. The monoisotopic (exact) mass is 201 g/mol. The van der Waals surface area contributed by atoms with E-state index in [4.69, 9.17) is 4.74 Å². The Balaban J connectivity index is 3.49. The van der Waals surface area contributed by atoms with Gasteiger partial charge >= 0.3 is 0 Å². The Bertz CT molecular complexity index is 167. The number of carbonyl (C=O) groups excluding carboxylic acids is 1. The Morgan fingerprint density at radius 3 is 2.21 bits per heavy atom. The SMILES string of the molecule is CC(C)NC(C)COCC(=O)C(C)C. The van der Waals surface area contributed by atoms with Gasteiger partial charge in [0.2, 0.25) is 0 Å². The first kappa shape index (κ1) is 13.6. The first-order valence-corrected chi connectivity index (χ1v) is 5.30. The van der Waals surface area contributed by atoms with E-state index in [0.717, 1.165) is 0 Å². The highest BCUT2D eigenvalue weighted by Crippen LogP contribution is 1.95. The van der Waals surface area contributed by atoms with E-state index >= 15 is 0 Å². The molecule has 0 saturated carbocycles. The van der Waals surface area contributed by atoms with Crippen molar-refractivity contribution in [1.29, 1.82) is 0 Å². The van der Waals surface area contributed by atoms with Crippen LogP contribution in [0.3, 0.4) is 0 Å². The number of rotatable bonds is 7. The smallest absolute Gasteiger partial charge is 0.160 e. The van der Waals surface area contributed by atoms with E-state index in [0.29, 0.717) is 18.7 Å². The average Bonchev–Trinajstić information content (AvgIpc) is 2.02. The summed E-state index contributed by atoms with van der Waals surface area (Å²) in [4.78, 5) is 11.2. The lowest BCUT2D eigenvalue weighted by molar-refractivity contribution is -0.126. The van der Waals surface area contributed by atoms with E-state index in [1.54, 1.807) is 0 Å². The van der Waals surface area contributed by atoms with Crippen LogP contribution in [0.25, 0.3) is 0 Å². The third kappa shape index (κ3) is 7.04. The molecule has 0 aliphatic carbocycles. The van der Waals surface area contributed by atoms with E-state index in [1.807, 2.05) is 13.8 Å². The predicted molar refractivity (Wildman–Crippen MR) is 58.4 cm³/mol. The molecule has 1 atom stereocenters. The van der Waals surface area contributed by atoms with Crippen molar-refractivity contribution < 1.29 is 9.53 Å². The van der Waals surface area contributed by atoms with E-state index < -0.39 is 0 Å². The van der Waals surface area contributed by atoms with Crippen molar-refractivity contribution in [3.8, 4) is 0 Å². The number of ketones is 1. The van der Waals surface area contributed by atoms with Gasteiger partial charge in [-0.05, 0) is 6.92 Å². The van der Waals surface area contributed by atoms with Crippen LogP contribution in [-0.4, -0.2) is 31.1 Å². The van der Waals surface area contributed by atoms with Crippen LogP contribution >= 0.6 is 0 Å². The molecule has 14 heavy (non-hydrogen) atoms. The van der Waals surface area contributed by atoms with E-state index in [9.17, 15) is 4.79 Å². The number of nitrogens with one attached hydrogen (secondary N) is 1. The quantitative estimate of drug-likeness (QED) is 0.680. The maximum atomic E-state index is 11.2. The largest absolute Gasteiger partial charge is 0.372 e. The molecule has 0 radical (unpaired) electrons. The van der Waals surface area contributed by atoms with E-state index in [2.05, 4.69) is 26.1 Å². The summed E-state index contributed by atoms with van der Waals surface area (Å²) in [5.74, 6) is 0.241. The lowest BCUT2D eigenvalue weighted by Crippen LogP contribution is -2.36. The molecule has 3 nitrogen and oxygen atoms in total. The summed E-state index contributed by atoms with van der Waals surface area (Å²) in [7, 11) is 0. The van der Waals surface area contributed by atoms with Crippen molar-refractivity contribution in [2.24, 2.45) is 5.92 Å². The van der Waals surface area contributed by atoms with Crippen LogP contribution in [0.5, 0.6) is 0 Å². The fourth-order valence-corrected chi connectivity index (χ4v) is 1.12. The van der Waals surface area contributed by atoms with Gasteiger partial charge in [0.15, 0.2) is 5.78 Å². The maximum Gasteiger partial charge on any atom is 0.160 e. The first-order chi connectivity index (χ1) is 6.43. The number of hydrogen-bond acceptors (Lipinski definition) is 3. The van der Waals surface area contributed by atoms with Gasteiger partial charge in [-0.1, -0.05) is 27.7 Å². The molecule has 0 amide bonds. The van der Waals surface area contributed by atoms with Crippen molar-refractivity contribution in [3.05, 3.63) is 0 Å². The van der Waals surface area contributed by atoms with Gasteiger partial charge in [0.05, 0.1) is 6.61 Å². The molecule has 0 heterocycles. The van der Waals surface area contributed by atoms with Gasteiger partial charge in [-0.2, -0.15) is 0 Å². The van der Waals surface area contributed by atoms with Crippen LogP contribution in [0, 0.1) is 5.92 Å². The topological polar surface area (TPSA) is 38.3 Å². The summed E-state index contributed by atoms with van der Waals surface area (Å²) >= 11 is 0. The molecule has 0 aromatic rings. The lowest BCUT2D eigenvalue weighted by atomic mass is 10.1.